The normalized spacial score (nSPS) is 13.0. The van der Waals surface area contributed by atoms with Crippen LogP contribution in [0.3, 0.4) is 0 Å². The summed E-state index contributed by atoms with van der Waals surface area (Å²) in [6, 6.07) is 11.5. The molecule has 27 heavy (non-hydrogen) atoms. The van der Waals surface area contributed by atoms with E-state index in [9.17, 15) is 14.4 Å². The third kappa shape index (κ3) is 3.22. The first-order valence-electron chi connectivity index (χ1n) is 8.33. The van der Waals surface area contributed by atoms with Gasteiger partial charge in [0.15, 0.2) is 0 Å². The van der Waals surface area contributed by atoms with Crippen LogP contribution in [0.15, 0.2) is 65.5 Å². The number of carbonyl (C=O) groups excluding carboxylic acids is 3. The minimum absolute atomic E-state index is 0.139. The second-order valence-electron chi connectivity index (χ2n) is 6.08. The van der Waals surface area contributed by atoms with Crippen LogP contribution in [0, 0.1) is 0 Å². The first-order valence-corrected chi connectivity index (χ1v) is 8.33. The Morgan fingerprint density at radius 2 is 1.93 bits per heavy atom. The molecule has 1 aromatic carbocycles. The molecule has 2 aromatic heterocycles. The van der Waals surface area contributed by atoms with E-state index >= 15 is 0 Å². The Morgan fingerprint density at radius 1 is 1.07 bits per heavy atom. The zero-order valence-electron chi connectivity index (χ0n) is 14.2. The molecule has 0 aliphatic carbocycles. The Hall–Kier alpha value is -3.74. The van der Waals surface area contributed by atoms with Gasteiger partial charge in [-0.15, -0.1) is 0 Å². The van der Waals surface area contributed by atoms with E-state index in [1.165, 1.54) is 24.5 Å². The summed E-state index contributed by atoms with van der Waals surface area (Å²) < 4.78 is 5.17. The highest BCUT2D eigenvalue weighted by Crippen LogP contribution is 2.25. The van der Waals surface area contributed by atoms with Gasteiger partial charge in [0, 0.05) is 18.0 Å². The Labute approximate surface area is 154 Å². The molecule has 3 aromatic rings. The van der Waals surface area contributed by atoms with Gasteiger partial charge in [-0.25, -0.2) is 0 Å². The van der Waals surface area contributed by atoms with Crippen molar-refractivity contribution >= 4 is 17.7 Å². The van der Waals surface area contributed by atoms with Crippen molar-refractivity contribution in [1.82, 2.24) is 15.2 Å². The SMILES string of the molecule is O=C(NCc1ccco1)c1ccc2c(c1)C(=O)N(Cc1cccnc1)C2=O. The van der Waals surface area contributed by atoms with Crippen molar-refractivity contribution in [2.75, 3.05) is 0 Å². The van der Waals surface area contributed by atoms with E-state index in [0.29, 0.717) is 16.9 Å². The molecule has 3 amide bonds. The fourth-order valence-electron chi connectivity index (χ4n) is 2.93. The fraction of sp³-hybridized carbons (Fsp3) is 0.100. The van der Waals surface area contributed by atoms with Gasteiger partial charge in [-0.3, -0.25) is 24.3 Å². The Balaban J connectivity index is 1.52. The van der Waals surface area contributed by atoms with E-state index in [1.54, 1.807) is 36.7 Å². The summed E-state index contributed by atoms with van der Waals surface area (Å²) in [7, 11) is 0. The molecule has 0 bridgehead atoms. The predicted octanol–water partition coefficient (Wildman–Crippen LogP) is 2.40. The van der Waals surface area contributed by atoms with Gasteiger partial charge in [0.05, 0.1) is 30.5 Å². The summed E-state index contributed by atoms with van der Waals surface area (Å²) in [6.45, 7) is 0.378. The third-order valence-corrected chi connectivity index (χ3v) is 4.30. The van der Waals surface area contributed by atoms with Gasteiger partial charge < -0.3 is 9.73 Å². The van der Waals surface area contributed by atoms with Crippen LogP contribution in [-0.2, 0) is 13.1 Å². The van der Waals surface area contributed by atoms with Crippen LogP contribution in [-0.4, -0.2) is 27.6 Å². The molecule has 0 saturated heterocycles. The van der Waals surface area contributed by atoms with Gasteiger partial charge in [0.1, 0.15) is 5.76 Å². The minimum atomic E-state index is -0.417. The fourth-order valence-corrected chi connectivity index (χ4v) is 2.93. The molecule has 1 aliphatic rings. The zero-order valence-corrected chi connectivity index (χ0v) is 14.2. The Morgan fingerprint density at radius 3 is 2.67 bits per heavy atom. The van der Waals surface area contributed by atoms with Crippen LogP contribution < -0.4 is 5.32 Å². The maximum atomic E-state index is 12.7. The second-order valence-corrected chi connectivity index (χ2v) is 6.08. The number of fused-ring (bicyclic) bond motifs is 1. The molecule has 0 radical (unpaired) electrons. The lowest BCUT2D eigenvalue weighted by atomic mass is 10.1. The van der Waals surface area contributed by atoms with Crippen molar-refractivity contribution in [1.29, 1.82) is 0 Å². The maximum absolute atomic E-state index is 12.7. The van der Waals surface area contributed by atoms with E-state index in [2.05, 4.69) is 10.3 Å². The smallest absolute Gasteiger partial charge is 0.261 e. The van der Waals surface area contributed by atoms with E-state index in [-0.39, 0.29) is 30.5 Å². The van der Waals surface area contributed by atoms with Gasteiger partial charge in [0.25, 0.3) is 17.7 Å². The van der Waals surface area contributed by atoms with Gasteiger partial charge in [-0.2, -0.15) is 0 Å². The highest BCUT2D eigenvalue weighted by Gasteiger charge is 2.36. The topological polar surface area (TPSA) is 92.5 Å². The molecule has 0 unspecified atom stereocenters. The van der Waals surface area contributed by atoms with E-state index < -0.39 is 5.91 Å². The van der Waals surface area contributed by atoms with Crippen LogP contribution in [0.5, 0.6) is 0 Å². The maximum Gasteiger partial charge on any atom is 0.261 e. The number of carbonyl (C=O) groups is 3. The van der Waals surface area contributed by atoms with Crippen LogP contribution in [0.1, 0.15) is 42.4 Å². The lowest BCUT2D eigenvalue weighted by Gasteiger charge is -2.13. The predicted molar refractivity (Wildman–Crippen MR) is 94.8 cm³/mol. The molecule has 134 valence electrons. The molecule has 0 atom stereocenters. The molecule has 0 spiro atoms. The van der Waals surface area contributed by atoms with Crippen molar-refractivity contribution in [3.63, 3.8) is 0 Å². The molecule has 1 N–H and O–H groups in total. The monoisotopic (exact) mass is 361 g/mol. The van der Waals surface area contributed by atoms with Crippen LogP contribution >= 0.6 is 0 Å². The number of nitrogens with zero attached hydrogens (tertiary/aromatic N) is 2. The highest BCUT2D eigenvalue weighted by molar-refractivity contribution is 6.22. The number of hydrogen-bond donors (Lipinski definition) is 1. The molecular weight excluding hydrogens is 346 g/mol. The largest absolute Gasteiger partial charge is 0.467 e. The van der Waals surface area contributed by atoms with Crippen LogP contribution in [0.4, 0.5) is 0 Å². The molecule has 3 heterocycles. The average molecular weight is 361 g/mol. The number of nitrogens with one attached hydrogen (secondary N) is 1. The zero-order chi connectivity index (χ0) is 18.8. The van der Waals surface area contributed by atoms with E-state index in [4.69, 9.17) is 4.42 Å². The van der Waals surface area contributed by atoms with Gasteiger partial charge in [-0.05, 0) is 42.0 Å². The summed E-state index contributed by atoms with van der Waals surface area (Å²) >= 11 is 0. The summed E-state index contributed by atoms with van der Waals surface area (Å²) in [5.41, 5.74) is 1.59. The van der Waals surface area contributed by atoms with E-state index in [0.717, 1.165) is 10.5 Å². The molecule has 4 rings (SSSR count). The van der Waals surface area contributed by atoms with Crippen molar-refractivity contribution in [3.05, 3.63) is 89.1 Å². The lowest BCUT2D eigenvalue weighted by Crippen LogP contribution is -2.29. The van der Waals surface area contributed by atoms with Crippen molar-refractivity contribution in [3.8, 4) is 0 Å². The van der Waals surface area contributed by atoms with Crippen molar-refractivity contribution in [2.24, 2.45) is 0 Å². The van der Waals surface area contributed by atoms with Gasteiger partial charge in [0.2, 0.25) is 0 Å². The van der Waals surface area contributed by atoms with E-state index in [1.807, 2.05) is 0 Å². The number of rotatable bonds is 5. The number of benzene rings is 1. The molecular formula is C20H15N3O4. The highest BCUT2D eigenvalue weighted by atomic mass is 16.3. The average Bonchev–Trinajstić information content (AvgIpc) is 3.30. The number of hydrogen-bond acceptors (Lipinski definition) is 5. The number of aromatic nitrogens is 1. The Bertz CT molecular complexity index is 1010. The molecule has 0 saturated carbocycles. The summed E-state index contributed by atoms with van der Waals surface area (Å²) in [5.74, 6) is -0.514. The van der Waals surface area contributed by atoms with Gasteiger partial charge in [-0.1, -0.05) is 6.07 Å². The number of furan rings is 1. The Kier molecular flexibility index (Phi) is 4.25. The minimum Gasteiger partial charge on any atom is -0.467 e. The second kappa shape index (κ2) is 6.87. The summed E-state index contributed by atoms with van der Waals surface area (Å²) in [4.78, 5) is 42.7. The number of amides is 3. The first kappa shape index (κ1) is 16.7. The summed E-state index contributed by atoms with van der Waals surface area (Å²) in [5, 5.41) is 2.72. The molecule has 0 fully saturated rings. The lowest BCUT2D eigenvalue weighted by molar-refractivity contribution is 0.0642. The van der Waals surface area contributed by atoms with Gasteiger partial charge >= 0.3 is 0 Å². The van der Waals surface area contributed by atoms with Crippen molar-refractivity contribution < 1.29 is 18.8 Å². The summed E-state index contributed by atoms with van der Waals surface area (Å²) in [6.07, 6.45) is 4.76. The number of pyridine rings is 1. The molecule has 7 nitrogen and oxygen atoms in total. The number of imide groups is 1. The first-order chi connectivity index (χ1) is 13.1. The molecule has 7 heteroatoms. The standard InChI is InChI=1S/C20H15N3O4/c24-18(22-11-15-4-2-8-27-15)14-5-6-16-17(9-14)20(26)23(19(16)25)12-13-3-1-7-21-10-13/h1-10H,11-12H2,(H,22,24). The third-order valence-electron chi connectivity index (χ3n) is 4.30. The molecule has 1 aliphatic heterocycles. The quantitative estimate of drug-likeness (QED) is 0.705. The van der Waals surface area contributed by atoms with Crippen LogP contribution in [0.25, 0.3) is 0 Å². The van der Waals surface area contributed by atoms with Crippen molar-refractivity contribution in [2.45, 2.75) is 13.1 Å². The van der Waals surface area contributed by atoms with Crippen LogP contribution in [0.2, 0.25) is 0 Å².